The Kier molecular flexibility index (Phi) is 5.11. The SMILES string of the molecule is OCC1COCCN1CC1(CS)CCOCC1. The third kappa shape index (κ3) is 3.35. The van der Waals surface area contributed by atoms with Gasteiger partial charge in [-0.25, -0.2) is 0 Å². The van der Waals surface area contributed by atoms with Crippen molar-refractivity contribution in [2.24, 2.45) is 5.41 Å². The largest absolute Gasteiger partial charge is 0.395 e. The third-order valence-corrected chi connectivity index (χ3v) is 4.66. The maximum absolute atomic E-state index is 9.38. The summed E-state index contributed by atoms with van der Waals surface area (Å²) in [4.78, 5) is 2.37. The quantitative estimate of drug-likeness (QED) is 0.719. The first-order chi connectivity index (χ1) is 8.29. The van der Waals surface area contributed by atoms with Crippen molar-refractivity contribution in [2.75, 3.05) is 51.9 Å². The van der Waals surface area contributed by atoms with Crippen LogP contribution >= 0.6 is 12.6 Å². The number of aliphatic hydroxyl groups is 1. The van der Waals surface area contributed by atoms with Gasteiger partial charge < -0.3 is 14.6 Å². The van der Waals surface area contributed by atoms with Gasteiger partial charge in [-0.3, -0.25) is 4.90 Å². The highest BCUT2D eigenvalue weighted by molar-refractivity contribution is 7.80. The number of hydrogen-bond donors (Lipinski definition) is 2. The molecule has 2 heterocycles. The van der Waals surface area contributed by atoms with Crippen molar-refractivity contribution in [3.63, 3.8) is 0 Å². The number of hydrogen-bond acceptors (Lipinski definition) is 5. The van der Waals surface area contributed by atoms with E-state index in [1.807, 2.05) is 0 Å². The molecule has 0 aromatic heterocycles. The van der Waals surface area contributed by atoms with Gasteiger partial charge >= 0.3 is 0 Å². The second kappa shape index (κ2) is 6.38. The van der Waals surface area contributed by atoms with Crippen LogP contribution in [0.5, 0.6) is 0 Å². The van der Waals surface area contributed by atoms with Crippen molar-refractivity contribution in [3.05, 3.63) is 0 Å². The summed E-state index contributed by atoms with van der Waals surface area (Å²) in [6.45, 7) is 5.21. The van der Waals surface area contributed by atoms with Crippen LogP contribution in [0.1, 0.15) is 12.8 Å². The summed E-state index contributed by atoms with van der Waals surface area (Å²) >= 11 is 4.53. The molecule has 5 heteroatoms. The van der Waals surface area contributed by atoms with Gasteiger partial charge in [-0.1, -0.05) is 0 Å². The fourth-order valence-electron chi connectivity index (χ4n) is 2.67. The number of aliphatic hydroxyl groups excluding tert-OH is 1. The minimum atomic E-state index is 0.156. The van der Waals surface area contributed by atoms with Gasteiger partial charge in [0.1, 0.15) is 0 Å². The Morgan fingerprint density at radius 2 is 2.00 bits per heavy atom. The van der Waals surface area contributed by atoms with Crippen molar-refractivity contribution in [1.82, 2.24) is 4.90 Å². The molecule has 0 aliphatic carbocycles. The maximum atomic E-state index is 9.38. The van der Waals surface area contributed by atoms with Gasteiger partial charge in [-0.2, -0.15) is 12.6 Å². The van der Waals surface area contributed by atoms with E-state index in [1.165, 1.54) is 0 Å². The maximum Gasteiger partial charge on any atom is 0.0644 e. The van der Waals surface area contributed by atoms with E-state index in [2.05, 4.69) is 17.5 Å². The molecule has 2 rings (SSSR count). The zero-order valence-electron chi connectivity index (χ0n) is 10.3. The van der Waals surface area contributed by atoms with Gasteiger partial charge in [0.05, 0.1) is 25.9 Å². The summed E-state index contributed by atoms with van der Waals surface area (Å²) in [5.41, 5.74) is 0.256. The highest BCUT2D eigenvalue weighted by atomic mass is 32.1. The molecule has 0 amide bonds. The molecule has 0 aromatic rings. The lowest BCUT2D eigenvalue weighted by Crippen LogP contribution is -2.53. The molecule has 4 nitrogen and oxygen atoms in total. The molecule has 2 aliphatic rings. The van der Waals surface area contributed by atoms with Crippen LogP contribution in [0.4, 0.5) is 0 Å². The lowest BCUT2D eigenvalue weighted by Gasteiger charge is -2.44. The van der Waals surface area contributed by atoms with E-state index in [-0.39, 0.29) is 18.1 Å². The number of morpholine rings is 1. The predicted molar refractivity (Wildman–Crippen MR) is 69.6 cm³/mol. The molecule has 2 fully saturated rings. The Hall–Kier alpha value is 0.190. The van der Waals surface area contributed by atoms with Gasteiger partial charge in [0, 0.05) is 26.3 Å². The summed E-state index contributed by atoms with van der Waals surface area (Å²) in [5.74, 6) is 0.895. The van der Waals surface area contributed by atoms with Gasteiger partial charge in [0.2, 0.25) is 0 Å². The topological polar surface area (TPSA) is 41.9 Å². The molecule has 1 N–H and O–H groups in total. The summed E-state index contributed by atoms with van der Waals surface area (Å²) in [7, 11) is 0. The number of rotatable bonds is 4. The van der Waals surface area contributed by atoms with E-state index in [9.17, 15) is 5.11 Å². The Morgan fingerprint density at radius 1 is 1.24 bits per heavy atom. The molecule has 0 radical (unpaired) electrons. The molecule has 1 unspecified atom stereocenters. The van der Waals surface area contributed by atoms with Crippen molar-refractivity contribution in [1.29, 1.82) is 0 Å². The van der Waals surface area contributed by atoms with E-state index in [1.54, 1.807) is 0 Å². The normalized spacial score (nSPS) is 30.4. The van der Waals surface area contributed by atoms with Crippen molar-refractivity contribution in [2.45, 2.75) is 18.9 Å². The molecule has 0 spiro atoms. The van der Waals surface area contributed by atoms with E-state index < -0.39 is 0 Å². The lowest BCUT2D eigenvalue weighted by atomic mass is 9.81. The van der Waals surface area contributed by atoms with E-state index in [4.69, 9.17) is 9.47 Å². The Labute approximate surface area is 109 Å². The molecule has 2 saturated heterocycles. The monoisotopic (exact) mass is 261 g/mol. The Morgan fingerprint density at radius 3 is 2.65 bits per heavy atom. The molecular weight excluding hydrogens is 238 g/mol. The average molecular weight is 261 g/mol. The van der Waals surface area contributed by atoms with Gasteiger partial charge in [-0.15, -0.1) is 0 Å². The Bertz CT molecular complexity index is 234. The van der Waals surface area contributed by atoms with Crippen LogP contribution in [0.2, 0.25) is 0 Å². The summed E-state index contributed by atoms with van der Waals surface area (Å²) in [6, 6.07) is 0.156. The molecule has 0 saturated carbocycles. The first kappa shape index (κ1) is 13.6. The minimum absolute atomic E-state index is 0.156. The highest BCUT2D eigenvalue weighted by Gasteiger charge is 2.35. The number of thiol groups is 1. The summed E-state index contributed by atoms with van der Waals surface area (Å²) in [6.07, 6.45) is 2.15. The molecule has 100 valence electrons. The highest BCUT2D eigenvalue weighted by Crippen LogP contribution is 2.33. The lowest BCUT2D eigenvalue weighted by molar-refractivity contribution is -0.0598. The molecular formula is C12H23NO3S. The van der Waals surface area contributed by atoms with Crippen LogP contribution in [0.3, 0.4) is 0 Å². The standard InChI is InChI=1S/C12H23NO3S/c14-7-11-8-16-6-3-13(11)9-12(10-17)1-4-15-5-2-12/h11,14,17H,1-10H2. The number of nitrogens with zero attached hydrogens (tertiary/aromatic N) is 1. The average Bonchev–Trinajstić information content (AvgIpc) is 2.40. The van der Waals surface area contributed by atoms with E-state index in [0.29, 0.717) is 6.61 Å². The van der Waals surface area contributed by atoms with Gasteiger partial charge in [-0.05, 0) is 24.0 Å². The smallest absolute Gasteiger partial charge is 0.0644 e. The first-order valence-corrected chi connectivity index (χ1v) is 7.04. The molecule has 1 atom stereocenters. The van der Waals surface area contributed by atoms with Crippen LogP contribution < -0.4 is 0 Å². The zero-order chi connectivity index (χ0) is 12.1. The van der Waals surface area contributed by atoms with Gasteiger partial charge in [0.15, 0.2) is 0 Å². The van der Waals surface area contributed by atoms with Crippen LogP contribution in [-0.4, -0.2) is 67.9 Å². The second-order valence-electron chi connectivity index (χ2n) is 5.15. The fourth-order valence-corrected chi connectivity index (χ4v) is 3.08. The van der Waals surface area contributed by atoms with Crippen LogP contribution in [0, 0.1) is 5.41 Å². The predicted octanol–water partition coefficient (Wildman–Crippen LogP) is 0.406. The molecule has 2 aliphatic heterocycles. The Balaban J connectivity index is 1.96. The van der Waals surface area contributed by atoms with Crippen LogP contribution in [0.15, 0.2) is 0 Å². The van der Waals surface area contributed by atoms with Crippen molar-refractivity contribution < 1.29 is 14.6 Å². The fraction of sp³-hybridized carbons (Fsp3) is 1.00. The molecule has 0 bridgehead atoms. The minimum Gasteiger partial charge on any atom is -0.395 e. The van der Waals surface area contributed by atoms with E-state index >= 15 is 0 Å². The van der Waals surface area contributed by atoms with E-state index in [0.717, 1.165) is 51.5 Å². The molecule has 0 aromatic carbocycles. The van der Waals surface area contributed by atoms with Crippen LogP contribution in [0.25, 0.3) is 0 Å². The molecule has 17 heavy (non-hydrogen) atoms. The van der Waals surface area contributed by atoms with Crippen molar-refractivity contribution >= 4 is 12.6 Å². The third-order valence-electron chi connectivity index (χ3n) is 3.99. The zero-order valence-corrected chi connectivity index (χ0v) is 11.2. The summed E-state index contributed by atoms with van der Waals surface area (Å²) in [5, 5.41) is 9.38. The van der Waals surface area contributed by atoms with Crippen molar-refractivity contribution in [3.8, 4) is 0 Å². The first-order valence-electron chi connectivity index (χ1n) is 6.41. The summed E-state index contributed by atoms with van der Waals surface area (Å²) < 4.78 is 10.9. The van der Waals surface area contributed by atoms with Gasteiger partial charge in [0.25, 0.3) is 0 Å². The second-order valence-corrected chi connectivity index (χ2v) is 5.47. The van der Waals surface area contributed by atoms with Crippen LogP contribution in [-0.2, 0) is 9.47 Å². The number of ether oxygens (including phenoxy) is 2.